The standard InChI is InChI=1S/C13H12BrClN2S/c14-10-3-1-9(2-4-10)12(7-16)18-13-6-5-11(15)8-17-13/h1-6,8,12H,7,16H2. The van der Waals surface area contributed by atoms with Gasteiger partial charge in [0.05, 0.1) is 10.0 Å². The molecule has 0 spiro atoms. The van der Waals surface area contributed by atoms with Crippen LogP contribution in [0, 0.1) is 0 Å². The Morgan fingerprint density at radius 3 is 2.50 bits per heavy atom. The Balaban J connectivity index is 2.14. The van der Waals surface area contributed by atoms with Crippen molar-refractivity contribution in [3.05, 3.63) is 57.7 Å². The molecule has 0 radical (unpaired) electrons. The van der Waals surface area contributed by atoms with Crippen molar-refractivity contribution in [1.82, 2.24) is 4.98 Å². The quantitative estimate of drug-likeness (QED) is 0.842. The molecule has 2 rings (SSSR count). The molecule has 94 valence electrons. The van der Waals surface area contributed by atoms with Crippen LogP contribution in [0.2, 0.25) is 5.02 Å². The summed E-state index contributed by atoms with van der Waals surface area (Å²) in [5, 5.41) is 1.77. The molecule has 0 saturated heterocycles. The minimum Gasteiger partial charge on any atom is -0.329 e. The molecule has 2 aromatic rings. The van der Waals surface area contributed by atoms with Crippen LogP contribution in [0.4, 0.5) is 0 Å². The van der Waals surface area contributed by atoms with Gasteiger partial charge < -0.3 is 5.73 Å². The molecule has 0 bridgehead atoms. The summed E-state index contributed by atoms with van der Waals surface area (Å²) >= 11 is 10.9. The lowest BCUT2D eigenvalue weighted by molar-refractivity contribution is 0.934. The Morgan fingerprint density at radius 2 is 1.94 bits per heavy atom. The Hall–Kier alpha value is -0.550. The van der Waals surface area contributed by atoms with Gasteiger partial charge in [0.1, 0.15) is 0 Å². The van der Waals surface area contributed by atoms with Gasteiger partial charge in [-0.2, -0.15) is 0 Å². The first kappa shape index (κ1) is 13.9. The molecule has 0 amide bonds. The molecule has 2 N–H and O–H groups in total. The van der Waals surface area contributed by atoms with E-state index in [-0.39, 0.29) is 5.25 Å². The Morgan fingerprint density at radius 1 is 1.22 bits per heavy atom. The van der Waals surface area contributed by atoms with Crippen LogP contribution in [0.1, 0.15) is 10.8 Å². The van der Waals surface area contributed by atoms with Gasteiger partial charge in [0.25, 0.3) is 0 Å². The molecule has 0 aliphatic rings. The zero-order chi connectivity index (χ0) is 13.0. The maximum atomic E-state index is 5.83. The van der Waals surface area contributed by atoms with Gasteiger partial charge in [-0.3, -0.25) is 0 Å². The van der Waals surface area contributed by atoms with Gasteiger partial charge in [0, 0.05) is 22.5 Å². The number of rotatable bonds is 4. The van der Waals surface area contributed by atoms with E-state index in [9.17, 15) is 0 Å². The molecule has 5 heteroatoms. The maximum absolute atomic E-state index is 5.83. The molecule has 1 aromatic carbocycles. The summed E-state index contributed by atoms with van der Waals surface area (Å²) in [6.45, 7) is 0.566. The maximum Gasteiger partial charge on any atom is 0.0967 e. The lowest BCUT2D eigenvalue weighted by Gasteiger charge is -2.14. The zero-order valence-corrected chi connectivity index (χ0v) is 12.7. The minimum absolute atomic E-state index is 0.201. The van der Waals surface area contributed by atoms with Crippen LogP contribution in [0.25, 0.3) is 0 Å². The summed E-state index contributed by atoms with van der Waals surface area (Å²) in [7, 11) is 0. The summed E-state index contributed by atoms with van der Waals surface area (Å²) in [4.78, 5) is 4.28. The predicted octanol–water partition coefficient (Wildman–Crippen LogP) is 4.29. The Bertz CT molecular complexity index is 501. The van der Waals surface area contributed by atoms with Gasteiger partial charge in [0.15, 0.2) is 0 Å². The van der Waals surface area contributed by atoms with Crippen molar-refractivity contribution in [1.29, 1.82) is 0 Å². The smallest absolute Gasteiger partial charge is 0.0967 e. The molecule has 0 fully saturated rings. The summed E-state index contributed by atoms with van der Waals surface area (Å²) < 4.78 is 1.07. The van der Waals surface area contributed by atoms with Crippen molar-refractivity contribution in [2.75, 3.05) is 6.54 Å². The second-order valence-electron chi connectivity index (χ2n) is 3.71. The highest BCUT2D eigenvalue weighted by Gasteiger charge is 2.12. The minimum atomic E-state index is 0.201. The molecule has 0 saturated carbocycles. The topological polar surface area (TPSA) is 38.9 Å². The van der Waals surface area contributed by atoms with Gasteiger partial charge >= 0.3 is 0 Å². The third-order valence-corrected chi connectivity index (χ3v) is 4.40. The molecule has 0 aliphatic heterocycles. The largest absolute Gasteiger partial charge is 0.329 e. The summed E-state index contributed by atoms with van der Waals surface area (Å²) in [5.41, 5.74) is 7.03. The van der Waals surface area contributed by atoms with Gasteiger partial charge in [-0.15, -0.1) is 0 Å². The SMILES string of the molecule is NCC(Sc1ccc(Cl)cn1)c1ccc(Br)cc1. The molecule has 18 heavy (non-hydrogen) atoms. The number of hydrogen-bond acceptors (Lipinski definition) is 3. The van der Waals surface area contributed by atoms with Crippen molar-refractivity contribution >= 4 is 39.3 Å². The van der Waals surface area contributed by atoms with E-state index in [1.54, 1.807) is 18.0 Å². The van der Waals surface area contributed by atoms with Crippen molar-refractivity contribution in [2.24, 2.45) is 5.73 Å². The average molecular weight is 344 g/mol. The van der Waals surface area contributed by atoms with Crippen LogP contribution < -0.4 is 5.73 Å². The summed E-state index contributed by atoms with van der Waals surface area (Å²) in [6.07, 6.45) is 1.65. The molecule has 1 heterocycles. The normalized spacial score (nSPS) is 12.4. The fourth-order valence-electron chi connectivity index (χ4n) is 1.51. The zero-order valence-electron chi connectivity index (χ0n) is 9.51. The average Bonchev–Trinajstić information content (AvgIpc) is 2.39. The van der Waals surface area contributed by atoms with E-state index in [0.29, 0.717) is 11.6 Å². The van der Waals surface area contributed by atoms with E-state index in [0.717, 1.165) is 9.50 Å². The molecule has 1 unspecified atom stereocenters. The number of nitrogens with zero attached hydrogens (tertiary/aromatic N) is 1. The van der Waals surface area contributed by atoms with Crippen LogP contribution in [-0.2, 0) is 0 Å². The molecule has 2 nitrogen and oxygen atoms in total. The molecule has 1 aromatic heterocycles. The third kappa shape index (κ3) is 3.72. The first-order valence-corrected chi connectivity index (χ1v) is 7.48. The van der Waals surface area contributed by atoms with Gasteiger partial charge in [-0.25, -0.2) is 4.98 Å². The lowest BCUT2D eigenvalue weighted by atomic mass is 10.1. The van der Waals surface area contributed by atoms with E-state index in [1.807, 2.05) is 24.3 Å². The number of thioether (sulfide) groups is 1. The molecular formula is C13H12BrClN2S. The van der Waals surface area contributed by atoms with E-state index in [4.69, 9.17) is 17.3 Å². The van der Waals surface area contributed by atoms with Crippen molar-refractivity contribution in [3.8, 4) is 0 Å². The number of benzene rings is 1. The van der Waals surface area contributed by atoms with E-state index in [1.165, 1.54) is 5.56 Å². The van der Waals surface area contributed by atoms with Crippen LogP contribution in [-0.4, -0.2) is 11.5 Å². The van der Waals surface area contributed by atoms with Crippen LogP contribution in [0.15, 0.2) is 52.1 Å². The summed E-state index contributed by atoms with van der Waals surface area (Å²) in [5.74, 6) is 0. The highest BCUT2D eigenvalue weighted by atomic mass is 79.9. The van der Waals surface area contributed by atoms with Gasteiger partial charge in [-0.05, 0) is 29.8 Å². The summed E-state index contributed by atoms with van der Waals surface area (Å²) in [6, 6.07) is 11.9. The number of aromatic nitrogens is 1. The Kier molecular flexibility index (Phi) is 5.06. The number of nitrogens with two attached hydrogens (primary N) is 1. The first-order valence-electron chi connectivity index (χ1n) is 5.43. The number of pyridine rings is 1. The Labute approximate surface area is 124 Å². The van der Waals surface area contributed by atoms with Crippen LogP contribution in [0.5, 0.6) is 0 Å². The van der Waals surface area contributed by atoms with E-state index < -0.39 is 0 Å². The number of hydrogen-bond donors (Lipinski definition) is 1. The predicted molar refractivity (Wildman–Crippen MR) is 81.0 cm³/mol. The van der Waals surface area contributed by atoms with Crippen LogP contribution in [0.3, 0.4) is 0 Å². The van der Waals surface area contributed by atoms with E-state index >= 15 is 0 Å². The van der Waals surface area contributed by atoms with Gasteiger partial charge in [0.2, 0.25) is 0 Å². The second-order valence-corrected chi connectivity index (χ2v) is 6.28. The third-order valence-electron chi connectivity index (χ3n) is 2.42. The highest BCUT2D eigenvalue weighted by Crippen LogP contribution is 2.33. The lowest BCUT2D eigenvalue weighted by Crippen LogP contribution is -2.09. The van der Waals surface area contributed by atoms with Crippen LogP contribution >= 0.6 is 39.3 Å². The monoisotopic (exact) mass is 342 g/mol. The molecule has 0 aliphatic carbocycles. The first-order chi connectivity index (χ1) is 8.69. The van der Waals surface area contributed by atoms with Crippen molar-refractivity contribution in [2.45, 2.75) is 10.3 Å². The van der Waals surface area contributed by atoms with Crippen molar-refractivity contribution in [3.63, 3.8) is 0 Å². The van der Waals surface area contributed by atoms with E-state index in [2.05, 4.69) is 33.0 Å². The van der Waals surface area contributed by atoms with Gasteiger partial charge in [-0.1, -0.05) is 51.4 Å². The fourth-order valence-corrected chi connectivity index (χ4v) is 2.82. The molecular weight excluding hydrogens is 332 g/mol. The highest BCUT2D eigenvalue weighted by molar-refractivity contribution is 9.10. The van der Waals surface area contributed by atoms with Crippen molar-refractivity contribution < 1.29 is 0 Å². The second kappa shape index (κ2) is 6.57. The number of halogens is 2. The fraction of sp³-hybridized carbons (Fsp3) is 0.154. The molecule has 1 atom stereocenters.